The van der Waals surface area contributed by atoms with Crippen LogP contribution in [0, 0.1) is 0 Å². The van der Waals surface area contributed by atoms with Gasteiger partial charge in [-0.25, -0.2) is 0 Å². The van der Waals surface area contributed by atoms with Crippen LogP contribution in [-0.4, -0.2) is 28.1 Å². The molecule has 3 aromatic rings. The highest BCUT2D eigenvalue weighted by molar-refractivity contribution is 5.59. The Kier molecular flexibility index (Phi) is 5.95. The van der Waals surface area contributed by atoms with Gasteiger partial charge in [-0.1, -0.05) is 12.1 Å². The van der Waals surface area contributed by atoms with Gasteiger partial charge in [-0.3, -0.25) is 9.78 Å². The molecule has 134 valence electrons. The lowest BCUT2D eigenvalue weighted by molar-refractivity contribution is 0.313. The van der Waals surface area contributed by atoms with Gasteiger partial charge in [-0.2, -0.15) is 4.98 Å². The Hall–Kier alpha value is -3.19. The molecule has 0 atom stereocenters. The number of rotatable bonds is 8. The summed E-state index contributed by atoms with van der Waals surface area (Å²) in [5.41, 5.74) is 7.75. The van der Waals surface area contributed by atoms with Gasteiger partial charge in [0.1, 0.15) is 5.75 Å². The quantitative estimate of drug-likeness (QED) is 0.537. The lowest BCUT2D eigenvalue weighted by atomic mass is 10.2. The van der Waals surface area contributed by atoms with E-state index in [1.54, 1.807) is 12.4 Å². The number of hydrogen-bond acceptors (Lipinski definition) is 6. The molecule has 7 nitrogen and oxygen atoms in total. The van der Waals surface area contributed by atoms with Crippen molar-refractivity contribution in [3.63, 3.8) is 0 Å². The molecular formula is C19H21N5O2. The summed E-state index contributed by atoms with van der Waals surface area (Å²) in [6.07, 6.45) is 4.17. The summed E-state index contributed by atoms with van der Waals surface area (Å²) in [6.45, 7) is 1.71. The average Bonchev–Trinajstić information content (AvgIpc) is 2.67. The Morgan fingerprint density at radius 2 is 2.00 bits per heavy atom. The van der Waals surface area contributed by atoms with Crippen molar-refractivity contribution in [3.05, 3.63) is 70.8 Å². The van der Waals surface area contributed by atoms with E-state index in [4.69, 9.17) is 10.5 Å². The molecule has 0 unspecified atom stereocenters. The highest BCUT2D eigenvalue weighted by Gasteiger charge is 2.04. The van der Waals surface area contributed by atoms with Crippen LogP contribution in [0.4, 0.5) is 5.95 Å². The van der Waals surface area contributed by atoms with Crippen molar-refractivity contribution in [2.75, 3.05) is 18.5 Å². The summed E-state index contributed by atoms with van der Waals surface area (Å²) < 4.78 is 5.65. The monoisotopic (exact) mass is 351 g/mol. The van der Waals surface area contributed by atoms with Crippen LogP contribution in [0.2, 0.25) is 0 Å². The topological polar surface area (TPSA) is 106 Å². The zero-order chi connectivity index (χ0) is 18.2. The van der Waals surface area contributed by atoms with Gasteiger partial charge in [-0.05, 0) is 42.8 Å². The van der Waals surface area contributed by atoms with E-state index < -0.39 is 0 Å². The molecule has 2 aromatic heterocycles. The lowest BCUT2D eigenvalue weighted by Gasteiger charge is -2.10. The van der Waals surface area contributed by atoms with Crippen LogP contribution in [0.5, 0.6) is 5.75 Å². The first kappa shape index (κ1) is 17.6. The van der Waals surface area contributed by atoms with Crippen molar-refractivity contribution in [1.82, 2.24) is 15.0 Å². The molecule has 0 saturated carbocycles. The number of nitrogens with zero attached hydrogens (tertiary/aromatic N) is 2. The van der Waals surface area contributed by atoms with E-state index in [0.29, 0.717) is 31.3 Å². The van der Waals surface area contributed by atoms with Gasteiger partial charge in [0.2, 0.25) is 5.95 Å². The van der Waals surface area contributed by atoms with Crippen LogP contribution in [0.15, 0.2) is 59.7 Å². The van der Waals surface area contributed by atoms with Crippen molar-refractivity contribution in [3.8, 4) is 17.0 Å². The largest absolute Gasteiger partial charge is 0.494 e. The molecule has 0 bridgehead atoms. The maximum Gasteiger partial charge on any atom is 0.275 e. The number of aromatic amines is 1. The Labute approximate surface area is 151 Å². The molecular weight excluding hydrogens is 330 g/mol. The van der Waals surface area contributed by atoms with Crippen molar-refractivity contribution >= 4 is 5.95 Å². The fraction of sp³-hybridized carbons (Fsp3) is 0.211. The smallest absolute Gasteiger partial charge is 0.275 e. The minimum Gasteiger partial charge on any atom is -0.494 e. The predicted octanol–water partition coefficient (Wildman–Crippen LogP) is 2.17. The summed E-state index contributed by atoms with van der Waals surface area (Å²) in [5.74, 6) is 1.21. The fourth-order valence-corrected chi connectivity index (χ4v) is 2.43. The standard InChI is InChI=1S/C19H21N5O2/c20-7-2-10-26-16-4-1-3-14(11-16)13-22-19-23-17(12-18(25)24-19)15-5-8-21-9-6-15/h1,3-6,8-9,11-12H,2,7,10,13,20H2,(H2,22,23,24,25). The maximum absolute atomic E-state index is 11.9. The van der Waals surface area contributed by atoms with E-state index in [-0.39, 0.29) is 5.56 Å². The van der Waals surface area contributed by atoms with E-state index in [2.05, 4.69) is 20.3 Å². The molecule has 0 aliphatic rings. The molecule has 0 aliphatic carbocycles. The first-order valence-corrected chi connectivity index (χ1v) is 8.42. The van der Waals surface area contributed by atoms with Crippen LogP contribution in [0.1, 0.15) is 12.0 Å². The van der Waals surface area contributed by atoms with Gasteiger partial charge in [0.05, 0.1) is 12.3 Å². The van der Waals surface area contributed by atoms with Gasteiger partial charge in [0.25, 0.3) is 5.56 Å². The molecule has 3 rings (SSSR count). The van der Waals surface area contributed by atoms with Crippen LogP contribution < -0.4 is 21.3 Å². The van der Waals surface area contributed by atoms with Crippen molar-refractivity contribution < 1.29 is 4.74 Å². The van der Waals surface area contributed by atoms with Gasteiger partial charge in [0.15, 0.2) is 0 Å². The first-order valence-electron chi connectivity index (χ1n) is 8.42. The third-order valence-electron chi connectivity index (χ3n) is 3.71. The van der Waals surface area contributed by atoms with Crippen LogP contribution in [0.25, 0.3) is 11.3 Å². The first-order chi connectivity index (χ1) is 12.7. The van der Waals surface area contributed by atoms with Crippen LogP contribution in [-0.2, 0) is 6.54 Å². The normalized spacial score (nSPS) is 10.5. The van der Waals surface area contributed by atoms with E-state index in [0.717, 1.165) is 23.3 Å². The third kappa shape index (κ3) is 4.90. The summed E-state index contributed by atoms with van der Waals surface area (Å²) in [4.78, 5) is 23.0. The summed E-state index contributed by atoms with van der Waals surface area (Å²) in [6, 6.07) is 12.9. The number of ether oxygens (including phenoxy) is 1. The molecule has 0 saturated heterocycles. The molecule has 0 aliphatic heterocycles. The molecule has 0 radical (unpaired) electrons. The number of aromatic nitrogens is 3. The lowest BCUT2D eigenvalue weighted by Crippen LogP contribution is -2.12. The van der Waals surface area contributed by atoms with Gasteiger partial charge < -0.3 is 20.8 Å². The van der Waals surface area contributed by atoms with Gasteiger partial charge >= 0.3 is 0 Å². The second-order valence-corrected chi connectivity index (χ2v) is 5.71. The third-order valence-corrected chi connectivity index (χ3v) is 3.71. The summed E-state index contributed by atoms with van der Waals surface area (Å²) in [5, 5.41) is 3.15. The Morgan fingerprint density at radius 3 is 2.81 bits per heavy atom. The predicted molar refractivity (Wildman–Crippen MR) is 101 cm³/mol. The van der Waals surface area contributed by atoms with Gasteiger partial charge in [-0.15, -0.1) is 0 Å². The zero-order valence-electron chi connectivity index (χ0n) is 14.3. The minimum atomic E-state index is -0.308. The molecule has 7 heteroatoms. The average molecular weight is 351 g/mol. The fourth-order valence-electron chi connectivity index (χ4n) is 2.43. The molecule has 0 amide bonds. The van der Waals surface area contributed by atoms with E-state index in [9.17, 15) is 4.79 Å². The maximum atomic E-state index is 11.9. The number of hydrogen-bond donors (Lipinski definition) is 3. The SMILES string of the molecule is NCCCOc1cccc(CNc2nc(=O)cc(-c3ccncc3)[nH]2)c1. The Balaban J connectivity index is 1.69. The number of H-pyrrole nitrogens is 1. The molecule has 4 N–H and O–H groups in total. The molecule has 1 aromatic carbocycles. The minimum absolute atomic E-state index is 0.308. The second kappa shape index (κ2) is 8.77. The van der Waals surface area contributed by atoms with Crippen molar-refractivity contribution in [2.45, 2.75) is 13.0 Å². The van der Waals surface area contributed by atoms with E-state index in [1.165, 1.54) is 6.07 Å². The number of benzene rings is 1. The Bertz CT molecular complexity index is 896. The molecule has 0 spiro atoms. The van der Waals surface area contributed by atoms with Crippen molar-refractivity contribution in [2.24, 2.45) is 5.73 Å². The van der Waals surface area contributed by atoms with Crippen LogP contribution >= 0.6 is 0 Å². The Morgan fingerprint density at radius 1 is 1.15 bits per heavy atom. The summed E-state index contributed by atoms with van der Waals surface area (Å²) >= 11 is 0. The van der Waals surface area contributed by atoms with Crippen LogP contribution in [0.3, 0.4) is 0 Å². The number of nitrogens with one attached hydrogen (secondary N) is 2. The van der Waals surface area contributed by atoms with Crippen molar-refractivity contribution in [1.29, 1.82) is 0 Å². The molecule has 2 heterocycles. The summed E-state index contributed by atoms with van der Waals surface area (Å²) in [7, 11) is 0. The second-order valence-electron chi connectivity index (χ2n) is 5.71. The van der Waals surface area contributed by atoms with Gasteiger partial charge in [0, 0.05) is 30.6 Å². The highest BCUT2D eigenvalue weighted by Crippen LogP contribution is 2.16. The highest BCUT2D eigenvalue weighted by atomic mass is 16.5. The van der Waals surface area contributed by atoms with E-state index >= 15 is 0 Å². The number of nitrogens with two attached hydrogens (primary N) is 1. The number of pyridine rings is 1. The molecule has 26 heavy (non-hydrogen) atoms. The zero-order valence-corrected chi connectivity index (χ0v) is 14.3. The number of anilines is 1. The van der Waals surface area contributed by atoms with E-state index in [1.807, 2.05) is 36.4 Å². The molecule has 0 fully saturated rings.